The molecule has 27 heavy (non-hydrogen) atoms. The van der Waals surface area contributed by atoms with Gasteiger partial charge in [-0.25, -0.2) is 17.6 Å². The van der Waals surface area contributed by atoms with Crippen LogP contribution in [0.25, 0.3) is 0 Å². The van der Waals surface area contributed by atoms with E-state index >= 15 is 0 Å². The van der Waals surface area contributed by atoms with Gasteiger partial charge in [0.1, 0.15) is 11.1 Å². The van der Waals surface area contributed by atoms with Crippen molar-refractivity contribution in [2.75, 3.05) is 7.11 Å². The molecular formula is C18H16ClF4NO3. The lowest BCUT2D eigenvalue weighted by atomic mass is 9.87. The number of hydrogen-bond donors (Lipinski definition) is 1. The summed E-state index contributed by atoms with van der Waals surface area (Å²) in [5.74, 6) is -8.88. The first-order chi connectivity index (χ1) is 12.5. The molecule has 1 fully saturated rings. The number of ether oxygens (including phenoxy) is 1. The van der Waals surface area contributed by atoms with Crippen LogP contribution in [0, 0.1) is 51.3 Å². The number of carboxylic acid groups (broad SMARTS) is 1. The molecular weight excluding hydrogens is 390 g/mol. The van der Waals surface area contributed by atoms with E-state index in [-0.39, 0.29) is 5.03 Å². The van der Waals surface area contributed by atoms with Crippen LogP contribution in [-0.2, 0) is 22.6 Å². The number of methoxy groups -OCH3 is 1. The molecule has 4 nitrogen and oxygen atoms in total. The van der Waals surface area contributed by atoms with Crippen molar-refractivity contribution in [3.05, 3.63) is 45.5 Å². The molecule has 1 aromatic rings. The SMILES string of the molecule is COCc1c(F)c(F)c(C[C@@]2(C(=O)O)[C@H](C=C(Cl)C#N)C2(C)C)c(F)c1F. The van der Waals surface area contributed by atoms with Crippen molar-refractivity contribution < 1.29 is 32.2 Å². The smallest absolute Gasteiger partial charge is 0.311 e. The van der Waals surface area contributed by atoms with E-state index in [0.717, 1.165) is 7.11 Å². The zero-order valence-corrected chi connectivity index (χ0v) is 15.4. The highest BCUT2D eigenvalue weighted by Gasteiger charge is 2.75. The summed E-state index contributed by atoms with van der Waals surface area (Å²) in [5.41, 5.74) is -4.77. The van der Waals surface area contributed by atoms with Gasteiger partial charge in [0, 0.05) is 18.6 Å². The Morgan fingerprint density at radius 3 is 2.11 bits per heavy atom. The van der Waals surface area contributed by atoms with Crippen molar-refractivity contribution in [3.8, 4) is 6.07 Å². The third-order valence-corrected chi connectivity index (χ3v) is 5.58. The minimum Gasteiger partial charge on any atom is -0.481 e. The zero-order chi connectivity index (χ0) is 20.7. The number of halogens is 5. The maximum Gasteiger partial charge on any atom is 0.311 e. The number of rotatable bonds is 6. The van der Waals surface area contributed by atoms with Crippen LogP contribution in [0.4, 0.5) is 17.6 Å². The first-order valence-corrected chi connectivity index (χ1v) is 8.18. The first-order valence-electron chi connectivity index (χ1n) is 7.80. The van der Waals surface area contributed by atoms with Crippen LogP contribution < -0.4 is 0 Å². The van der Waals surface area contributed by atoms with Crippen LogP contribution in [0.3, 0.4) is 0 Å². The molecule has 2 rings (SSSR count). The van der Waals surface area contributed by atoms with Crippen LogP contribution in [-0.4, -0.2) is 18.2 Å². The predicted octanol–water partition coefficient (Wildman–Crippen LogP) is 4.31. The number of nitrogens with zero attached hydrogens (tertiary/aromatic N) is 1. The van der Waals surface area contributed by atoms with Crippen molar-refractivity contribution in [2.45, 2.75) is 26.9 Å². The molecule has 0 heterocycles. The summed E-state index contributed by atoms with van der Waals surface area (Å²) in [6.45, 7) is 2.32. The summed E-state index contributed by atoms with van der Waals surface area (Å²) >= 11 is 5.66. The van der Waals surface area contributed by atoms with E-state index in [2.05, 4.69) is 4.74 Å². The largest absolute Gasteiger partial charge is 0.481 e. The van der Waals surface area contributed by atoms with E-state index in [9.17, 15) is 27.5 Å². The molecule has 146 valence electrons. The fraction of sp³-hybridized carbons (Fsp3) is 0.444. The standard InChI is InChI=1S/C18H16ClF4NO3/c1-17(2)11(4-8(19)6-24)18(17,16(25)26)5-9-12(20)14(22)10(7-27-3)15(23)13(9)21/h4,11H,5,7H2,1-3H3,(H,25,26)/t11-,18+/m1/s1. The normalized spacial score (nSPS) is 23.8. The molecule has 0 aromatic heterocycles. The molecule has 0 bridgehead atoms. The number of carbonyl (C=O) groups is 1. The lowest BCUT2D eigenvalue weighted by Gasteiger charge is -2.18. The number of nitriles is 1. The minimum atomic E-state index is -1.78. The summed E-state index contributed by atoms with van der Waals surface area (Å²) in [6, 6.07) is 1.63. The van der Waals surface area contributed by atoms with Gasteiger partial charge in [0.15, 0.2) is 23.3 Å². The van der Waals surface area contributed by atoms with Gasteiger partial charge in [0.25, 0.3) is 0 Å². The average molecular weight is 406 g/mol. The molecule has 0 unspecified atom stereocenters. The van der Waals surface area contributed by atoms with E-state index < -0.39 is 70.1 Å². The van der Waals surface area contributed by atoms with Crippen molar-refractivity contribution in [3.63, 3.8) is 0 Å². The molecule has 0 radical (unpaired) electrons. The fourth-order valence-electron chi connectivity index (χ4n) is 3.68. The molecule has 0 saturated heterocycles. The summed E-state index contributed by atoms with van der Waals surface area (Å²) in [4.78, 5) is 11.9. The Balaban J connectivity index is 2.61. The predicted molar refractivity (Wildman–Crippen MR) is 87.6 cm³/mol. The topological polar surface area (TPSA) is 70.3 Å². The Morgan fingerprint density at radius 2 is 1.70 bits per heavy atom. The summed E-state index contributed by atoms with van der Waals surface area (Å²) in [7, 11) is 1.10. The van der Waals surface area contributed by atoms with E-state index in [1.807, 2.05) is 0 Å². The van der Waals surface area contributed by atoms with Gasteiger partial charge < -0.3 is 9.84 Å². The van der Waals surface area contributed by atoms with Crippen LogP contribution in [0.2, 0.25) is 0 Å². The van der Waals surface area contributed by atoms with Gasteiger partial charge in [0.05, 0.1) is 17.6 Å². The van der Waals surface area contributed by atoms with Gasteiger partial charge in [-0.05, 0) is 11.8 Å². The van der Waals surface area contributed by atoms with Crippen LogP contribution in [0.5, 0.6) is 0 Å². The fourth-order valence-corrected chi connectivity index (χ4v) is 3.81. The van der Waals surface area contributed by atoms with Gasteiger partial charge in [-0.2, -0.15) is 5.26 Å². The van der Waals surface area contributed by atoms with Gasteiger partial charge in [-0.3, -0.25) is 4.79 Å². The number of allylic oxidation sites excluding steroid dienone is 2. The van der Waals surface area contributed by atoms with Gasteiger partial charge in [-0.15, -0.1) is 0 Å². The Kier molecular flexibility index (Phi) is 5.60. The molecule has 1 N–H and O–H groups in total. The zero-order valence-electron chi connectivity index (χ0n) is 14.7. The highest BCUT2D eigenvalue weighted by molar-refractivity contribution is 6.31. The molecule has 2 atom stereocenters. The maximum absolute atomic E-state index is 14.4. The number of hydrogen-bond acceptors (Lipinski definition) is 3. The second-order valence-corrected chi connectivity index (χ2v) is 7.33. The molecule has 1 aliphatic carbocycles. The van der Waals surface area contributed by atoms with Crippen molar-refractivity contribution in [2.24, 2.45) is 16.7 Å². The summed E-state index contributed by atoms with van der Waals surface area (Å²) in [6.07, 6.45) is 0.363. The Bertz CT molecular complexity index is 849. The van der Waals surface area contributed by atoms with Crippen molar-refractivity contribution in [1.29, 1.82) is 5.26 Å². The van der Waals surface area contributed by atoms with E-state index in [1.54, 1.807) is 6.07 Å². The Morgan fingerprint density at radius 1 is 1.22 bits per heavy atom. The highest BCUT2D eigenvalue weighted by atomic mass is 35.5. The highest BCUT2D eigenvalue weighted by Crippen LogP contribution is 2.71. The van der Waals surface area contributed by atoms with Gasteiger partial charge >= 0.3 is 5.97 Å². The summed E-state index contributed by atoms with van der Waals surface area (Å²) in [5, 5.41) is 18.2. The lowest BCUT2D eigenvalue weighted by Crippen LogP contribution is -2.26. The first kappa shape index (κ1) is 21.2. The number of carboxylic acids is 1. The van der Waals surface area contributed by atoms with Crippen LogP contribution in [0.1, 0.15) is 25.0 Å². The van der Waals surface area contributed by atoms with Crippen LogP contribution in [0.15, 0.2) is 11.1 Å². The lowest BCUT2D eigenvalue weighted by molar-refractivity contribution is -0.145. The molecule has 0 spiro atoms. The van der Waals surface area contributed by atoms with E-state index in [4.69, 9.17) is 16.9 Å². The second-order valence-electron chi connectivity index (χ2n) is 6.93. The Hall–Kier alpha value is -2.11. The van der Waals surface area contributed by atoms with Crippen molar-refractivity contribution >= 4 is 17.6 Å². The monoisotopic (exact) mass is 405 g/mol. The molecule has 0 aliphatic heterocycles. The third kappa shape index (κ3) is 3.09. The molecule has 1 saturated carbocycles. The quantitative estimate of drug-likeness (QED) is 0.435. The molecule has 1 aliphatic rings. The van der Waals surface area contributed by atoms with E-state index in [1.165, 1.54) is 19.9 Å². The number of benzene rings is 1. The van der Waals surface area contributed by atoms with Crippen molar-refractivity contribution in [1.82, 2.24) is 0 Å². The van der Waals surface area contributed by atoms with E-state index in [0.29, 0.717) is 0 Å². The Labute approximate surface area is 158 Å². The van der Waals surface area contributed by atoms with Crippen LogP contribution >= 0.6 is 11.6 Å². The summed E-state index contributed by atoms with van der Waals surface area (Å²) < 4.78 is 61.7. The molecule has 1 aromatic carbocycles. The van der Waals surface area contributed by atoms with Gasteiger partial charge in [-0.1, -0.05) is 31.5 Å². The average Bonchev–Trinajstić information content (AvgIpc) is 3.08. The molecule has 9 heteroatoms. The minimum absolute atomic E-state index is 0.287. The van der Waals surface area contributed by atoms with Gasteiger partial charge in [0.2, 0.25) is 0 Å². The second kappa shape index (κ2) is 7.13. The third-order valence-electron chi connectivity index (χ3n) is 5.37. The maximum atomic E-state index is 14.4. The number of aliphatic carboxylic acids is 1. The molecule has 0 amide bonds.